The zero-order valence-electron chi connectivity index (χ0n) is 25.6. The summed E-state index contributed by atoms with van der Waals surface area (Å²) < 4.78 is 0. The number of carbonyl (C=O) groups excluding carboxylic acids is 3. The third-order valence-electron chi connectivity index (χ3n) is 9.06. The van der Waals surface area contributed by atoms with E-state index in [0.717, 1.165) is 48.3 Å². The van der Waals surface area contributed by atoms with Crippen LogP contribution in [0.3, 0.4) is 0 Å². The first-order chi connectivity index (χ1) is 21.9. The average Bonchev–Trinajstić information content (AvgIpc) is 3.59. The number of benzene rings is 3. The van der Waals surface area contributed by atoms with Crippen LogP contribution in [0.25, 0.3) is 0 Å². The predicted molar refractivity (Wildman–Crippen MR) is 173 cm³/mol. The van der Waals surface area contributed by atoms with Crippen molar-refractivity contribution in [3.8, 4) is 5.75 Å². The molecule has 234 valence electrons. The minimum Gasteiger partial charge on any atom is -0.508 e. The second kappa shape index (κ2) is 13.6. The molecule has 1 N–H and O–H groups in total. The molecule has 0 bridgehead atoms. The number of hydrogen-bond donors (Lipinski definition) is 1. The van der Waals surface area contributed by atoms with Crippen molar-refractivity contribution >= 4 is 23.4 Å². The van der Waals surface area contributed by atoms with Gasteiger partial charge in [0.05, 0.1) is 13.1 Å². The van der Waals surface area contributed by atoms with Crippen LogP contribution in [0.2, 0.25) is 0 Å². The molecule has 3 saturated heterocycles. The van der Waals surface area contributed by atoms with Crippen LogP contribution in [0, 0.1) is 0 Å². The van der Waals surface area contributed by atoms with Crippen molar-refractivity contribution in [2.24, 2.45) is 0 Å². The standard InChI is InChI=1S/C36H41N5O4/c1-2-20-39-26-35(44)40-32(23-28-14-17-30(42)18-15-28)36(45)38(24-29-12-6-7-13-31(29)37-21-8-9-22-37)25-33(40)41(39)34(43)19-16-27-10-4-3-5-11-27/h2-7,10-15,17-18,32-33,42H,1,8-9,16,19-26H2/t32-,33-/m0/s1. The lowest BCUT2D eigenvalue weighted by atomic mass is 9.97. The summed E-state index contributed by atoms with van der Waals surface area (Å²) in [5.41, 5.74) is 4.07. The molecule has 3 aliphatic rings. The molecule has 3 amide bonds. The van der Waals surface area contributed by atoms with Gasteiger partial charge in [0.25, 0.3) is 0 Å². The second-order valence-corrected chi connectivity index (χ2v) is 12.1. The molecule has 0 spiro atoms. The highest BCUT2D eigenvalue weighted by Gasteiger charge is 2.51. The fourth-order valence-electron chi connectivity index (χ4n) is 6.89. The van der Waals surface area contributed by atoms with Gasteiger partial charge in [-0.1, -0.05) is 66.7 Å². The molecule has 3 aromatic carbocycles. The van der Waals surface area contributed by atoms with E-state index in [1.54, 1.807) is 45.3 Å². The highest BCUT2D eigenvalue weighted by molar-refractivity contribution is 5.92. The Hall–Kier alpha value is -4.63. The number of phenols is 1. The van der Waals surface area contributed by atoms with Gasteiger partial charge in [-0.15, -0.1) is 6.58 Å². The summed E-state index contributed by atoms with van der Waals surface area (Å²) in [7, 11) is 0. The van der Waals surface area contributed by atoms with Crippen molar-refractivity contribution in [1.82, 2.24) is 19.8 Å². The molecule has 0 radical (unpaired) electrons. The Morgan fingerprint density at radius 2 is 1.62 bits per heavy atom. The van der Waals surface area contributed by atoms with E-state index in [2.05, 4.69) is 23.6 Å². The summed E-state index contributed by atoms with van der Waals surface area (Å²) in [5, 5.41) is 13.4. The van der Waals surface area contributed by atoms with Gasteiger partial charge in [0.15, 0.2) is 0 Å². The highest BCUT2D eigenvalue weighted by atomic mass is 16.3. The molecule has 3 aromatic rings. The maximum atomic E-state index is 14.4. The van der Waals surface area contributed by atoms with Crippen LogP contribution in [0.15, 0.2) is 91.5 Å². The SMILES string of the molecule is C=CCN1CC(=O)N2[C@@H](Cc3ccc(O)cc3)C(=O)N(Cc3ccccc3N3CCCC3)C[C@@H]2N1C(=O)CCc1ccccc1. The first-order valence-electron chi connectivity index (χ1n) is 15.9. The van der Waals surface area contributed by atoms with Gasteiger partial charge < -0.3 is 19.8 Å². The van der Waals surface area contributed by atoms with Gasteiger partial charge in [-0.2, -0.15) is 0 Å². The molecular formula is C36H41N5O4. The third-order valence-corrected chi connectivity index (χ3v) is 9.06. The number of phenolic OH excluding ortho intramolecular Hbond substituents is 1. The molecule has 0 unspecified atom stereocenters. The summed E-state index contributed by atoms with van der Waals surface area (Å²) in [4.78, 5) is 48.1. The Balaban J connectivity index is 1.35. The molecule has 3 fully saturated rings. The maximum absolute atomic E-state index is 14.4. The monoisotopic (exact) mass is 607 g/mol. The summed E-state index contributed by atoms with van der Waals surface area (Å²) >= 11 is 0. The Labute approximate surface area is 264 Å². The maximum Gasteiger partial charge on any atom is 0.246 e. The number of anilines is 1. The van der Waals surface area contributed by atoms with Crippen LogP contribution in [-0.4, -0.2) is 87.6 Å². The number of hydrogen-bond acceptors (Lipinski definition) is 6. The number of rotatable bonds is 10. The largest absolute Gasteiger partial charge is 0.508 e. The summed E-state index contributed by atoms with van der Waals surface area (Å²) in [6.07, 6.45) is 4.44. The van der Waals surface area contributed by atoms with Crippen LogP contribution in [0.4, 0.5) is 5.69 Å². The van der Waals surface area contributed by atoms with E-state index < -0.39 is 12.2 Å². The first-order valence-corrected chi connectivity index (χ1v) is 15.9. The molecule has 2 atom stereocenters. The number of hydrazine groups is 1. The number of piperazine rings is 1. The molecule has 9 nitrogen and oxygen atoms in total. The molecule has 0 aliphatic carbocycles. The number of para-hydroxylation sites is 1. The molecule has 45 heavy (non-hydrogen) atoms. The number of aromatic hydroxyl groups is 1. The van der Waals surface area contributed by atoms with E-state index in [-0.39, 0.29) is 49.4 Å². The van der Waals surface area contributed by atoms with Gasteiger partial charge in [0.1, 0.15) is 18.0 Å². The van der Waals surface area contributed by atoms with Crippen molar-refractivity contribution in [1.29, 1.82) is 0 Å². The predicted octanol–water partition coefficient (Wildman–Crippen LogP) is 3.98. The van der Waals surface area contributed by atoms with Crippen molar-refractivity contribution in [2.75, 3.05) is 37.6 Å². The van der Waals surface area contributed by atoms with E-state index in [1.807, 2.05) is 47.4 Å². The van der Waals surface area contributed by atoms with Crippen LogP contribution in [0.1, 0.15) is 36.0 Å². The van der Waals surface area contributed by atoms with E-state index in [9.17, 15) is 19.5 Å². The van der Waals surface area contributed by atoms with Gasteiger partial charge >= 0.3 is 0 Å². The fraction of sp³-hybridized carbons (Fsp3) is 0.361. The molecular weight excluding hydrogens is 566 g/mol. The van der Waals surface area contributed by atoms with Crippen molar-refractivity contribution in [3.05, 3.63) is 108 Å². The van der Waals surface area contributed by atoms with E-state index in [4.69, 9.17) is 0 Å². The van der Waals surface area contributed by atoms with Crippen molar-refractivity contribution in [2.45, 2.75) is 50.9 Å². The third kappa shape index (κ3) is 6.59. The molecule has 6 rings (SSSR count). The topological polar surface area (TPSA) is 87.6 Å². The van der Waals surface area contributed by atoms with Gasteiger partial charge in [0, 0.05) is 44.7 Å². The summed E-state index contributed by atoms with van der Waals surface area (Å²) in [5.74, 6) is -0.296. The smallest absolute Gasteiger partial charge is 0.246 e. The number of nitrogens with zero attached hydrogens (tertiary/aromatic N) is 5. The zero-order chi connectivity index (χ0) is 31.3. The van der Waals surface area contributed by atoms with Gasteiger partial charge in [-0.05, 0) is 54.2 Å². The van der Waals surface area contributed by atoms with Gasteiger partial charge in [-0.3, -0.25) is 14.4 Å². The highest BCUT2D eigenvalue weighted by Crippen LogP contribution is 2.32. The number of amides is 3. The molecule has 3 heterocycles. The summed E-state index contributed by atoms with van der Waals surface area (Å²) in [6, 6.07) is 24.1. The lowest BCUT2D eigenvalue weighted by Crippen LogP contribution is -2.75. The first kappa shape index (κ1) is 30.4. The number of fused-ring (bicyclic) bond motifs is 1. The average molecular weight is 608 g/mol. The van der Waals surface area contributed by atoms with E-state index in [1.165, 1.54) is 0 Å². The lowest BCUT2D eigenvalue weighted by molar-refractivity contribution is -0.205. The quantitative estimate of drug-likeness (QED) is 0.351. The Morgan fingerprint density at radius 1 is 0.911 bits per heavy atom. The van der Waals surface area contributed by atoms with Crippen LogP contribution >= 0.6 is 0 Å². The minimum absolute atomic E-state index is 0.0171. The Kier molecular flexibility index (Phi) is 9.16. The molecule has 0 aromatic heterocycles. The van der Waals surface area contributed by atoms with E-state index >= 15 is 0 Å². The fourth-order valence-corrected chi connectivity index (χ4v) is 6.89. The Bertz CT molecular complexity index is 1520. The van der Waals surface area contributed by atoms with Crippen LogP contribution < -0.4 is 4.90 Å². The zero-order valence-corrected chi connectivity index (χ0v) is 25.6. The van der Waals surface area contributed by atoms with E-state index in [0.29, 0.717) is 19.5 Å². The lowest BCUT2D eigenvalue weighted by Gasteiger charge is -2.55. The van der Waals surface area contributed by atoms with Crippen LogP contribution in [-0.2, 0) is 33.8 Å². The normalized spacial score (nSPS) is 20.4. The Morgan fingerprint density at radius 3 is 2.36 bits per heavy atom. The number of carbonyl (C=O) groups is 3. The number of aryl methyl sites for hydroxylation is 1. The van der Waals surface area contributed by atoms with Crippen molar-refractivity contribution in [3.63, 3.8) is 0 Å². The van der Waals surface area contributed by atoms with Gasteiger partial charge in [0.2, 0.25) is 17.7 Å². The second-order valence-electron chi connectivity index (χ2n) is 12.1. The molecule has 9 heteroatoms. The van der Waals surface area contributed by atoms with Crippen molar-refractivity contribution < 1.29 is 19.5 Å². The molecule has 0 saturated carbocycles. The molecule has 3 aliphatic heterocycles. The van der Waals surface area contributed by atoms with Crippen LogP contribution in [0.5, 0.6) is 5.75 Å². The minimum atomic E-state index is -0.796. The summed E-state index contributed by atoms with van der Waals surface area (Å²) in [6.45, 7) is 6.76. The van der Waals surface area contributed by atoms with Gasteiger partial charge in [-0.25, -0.2) is 10.0 Å².